The Morgan fingerprint density at radius 3 is 2.86 bits per heavy atom. The summed E-state index contributed by atoms with van der Waals surface area (Å²) >= 11 is 0. The van der Waals surface area contributed by atoms with Crippen LogP contribution in [0.1, 0.15) is 37.4 Å². The first-order chi connectivity index (χ1) is 6.59. The second-order valence-electron chi connectivity index (χ2n) is 3.63. The number of carboxylic acids is 1. The van der Waals surface area contributed by atoms with Crippen LogP contribution in [-0.4, -0.2) is 16.1 Å². The third-order valence-electron chi connectivity index (χ3n) is 2.10. The molecule has 1 aromatic rings. The van der Waals surface area contributed by atoms with E-state index >= 15 is 0 Å². The summed E-state index contributed by atoms with van der Waals surface area (Å²) < 4.78 is 0. The van der Waals surface area contributed by atoms with Crippen LogP contribution in [-0.2, 0) is 11.2 Å². The van der Waals surface area contributed by atoms with Crippen LogP contribution in [0.3, 0.4) is 0 Å². The fourth-order valence-corrected chi connectivity index (χ4v) is 1.23. The van der Waals surface area contributed by atoms with Crippen LogP contribution in [0.25, 0.3) is 0 Å². The Morgan fingerprint density at radius 2 is 2.29 bits per heavy atom. The van der Waals surface area contributed by atoms with Gasteiger partial charge in [-0.3, -0.25) is 9.78 Å². The molecule has 76 valence electrons. The number of carboxylic acid groups (broad SMARTS) is 1. The molecule has 0 aliphatic heterocycles. The topological polar surface area (TPSA) is 50.2 Å². The Balaban J connectivity index is 2.68. The first-order valence-electron chi connectivity index (χ1n) is 4.76. The van der Waals surface area contributed by atoms with Gasteiger partial charge in [-0.2, -0.15) is 0 Å². The molecule has 1 heterocycles. The Kier molecular flexibility index (Phi) is 3.63. The van der Waals surface area contributed by atoms with E-state index in [0.29, 0.717) is 12.3 Å². The number of hydrogen-bond acceptors (Lipinski definition) is 2. The zero-order chi connectivity index (χ0) is 10.6. The monoisotopic (exact) mass is 193 g/mol. The van der Waals surface area contributed by atoms with Crippen LogP contribution < -0.4 is 0 Å². The minimum atomic E-state index is -0.776. The Morgan fingerprint density at radius 1 is 1.57 bits per heavy atom. The first-order valence-corrected chi connectivity index (χ1v) is 4.76. The molecule has 0 aromatic carbocycles. The molecule has 0 radical (unpaired) electrons. The third kappa shape index (κ3) is 3.17. The van der Waals surface area contributed by atoms with Crippen LogP contribution in [0.4, 0.5) is 0 Å². The Hall–Kier alpha value is -1.38. The highest BCUT2D eigenvalue weighted by molar-refractivity contribution is 5.66. The molecule has 0 spiro atoms. The molecule has 0 atom stereocenters. The number of carbonyl (C=O) groups is 1. The number of rotatable bonds is 4. The van der Waals surface area contributed by atoms with E-state index in [1.807, 2.05) is 12.1 Å². The predicted molar refractivity (Wildman–Crippen MR) is 54.3 cm³/mol. The summed E-state index contributed by atoms with van der Waals surface area (Å²) in [7, 11) is 0. The zero-order valence-electron chi connectivity index (χ0n) is 8.53. The normalized spacial score (nSPS) is 10.5. The Bertz CT molecular complexity index is 321. The van der Waals surface area contributed by atoms with Gasteiger partial charge in [0.05, 0.1) is 6.42 Å². The number of hydrogen-bond donors (Lipinski definition) is 1. The average molecular weight is 193 g/mol. The van der Waals surface area contributed by atoms with E-state index in [4.69, 9.17) is 5.11 Å². The van der Waals surface area contributed by atoms with Crippen molar-refractivity contribution in [2.75, 3.05) is 0 Å². The summed E-state index contributed by atoms with van der Waals surface area (Å²) in [4.78, 5) is 14.5. The molecule has 1 N–H and O–H groups in total. The maximum absolute atomic E-state index is 10.4. The van der Waals surface area contributed by atoms with Crippen molar-refractivity contribution < 1.29 is 9.90 Å². The predicted octanol–water partition coefficient (Wildman–Crippen LogP) is 2.22. The summed E-state index contributed by atoms with van der Waals surface area (Å²) in [6.07, 6.45) is 2.40. The van der Waals surface area contributed by atoms with Crippen LogP contribution >= 0.6 is 0 Å². The summed E-state index contributed by atoms with van der Waals surface area (Å²) in [6, 6.07) is 3.95. The summed E-state index contributed by atoms with van der Waals surface area (Å²) in [5.41, 5.74) is 2.07. The second-order valence-corrected chi connectivity index (χ2v) is 3.63. The molecule has 0 bridgehead atoms. The van der Waals surface area contributed by atoms with E-state index in [1.54, 1.807) is 6.20 Å². The van der Waals surface area contributed by atoms with Crippen molar-refractivity contribution in [3.63, 3.8) is 0 Å². The van der Waals surface area contributed by atoms with E-state index < -0.39 is 5.97 Å². The lowest BCUT2D eigenvalue weighted by atomic mass is 10.0. The number of nitrogens with zero attached hydrogens (tertiary/aromatic N) is 1. The van der Waals surface area contributed by atoms with Gasteiger partial charge in [0.2, 0.25) is 0 Å². The number of aliphatic carboxylic acids is 1. The fraction of sp³-hybridized carbons (Fsp3) is 0.455. The SMILES string of the molecule is CC(C)c1ccnc(CCC(=O)O)c1. The fourth-order valence-electron chi connectivity index (χ4n) is 1.23. The summed E-state index contributed by atoms with van der Waals surface area (Å²) in [6.45, 7) is 4.21. The minimum Gasteiger partial charge on any atom is -0.481 e. The van der Waals surface area contributed by atoms with Crippen LogP contribution in [0.15, 0.2) is 18.3 Å². The molecular formula is C11H15NO2. The Labute approximate surface area is 83.8 Å². The number of aromatic nitrogens is 1. The largest absolute Gasteiger partial charge is 0.481 e. The average Bonchev–Trinajstić information content (AvgIpc) is 2.15. The highest BCUT2D eigenvalue weighted by atomic mass is 16.4. The molecule has 0 saturated heterocycles. The van der Waals surface area contributed by atoms with E-state index in [1.165, 1.54) is 5.56 Å². The molecule has 0 amide bonds. The molecule has 0 saturated carbocycles. The van der Waals surface area contributed by atoms with Crippen molar-refractivity contribution >= 4 is 5.97 Å². The summed E-state index contributed by atoms with van der Waals surface area (Å²) in [5, 5.41) is 8.53. The van der Waals surface area contributed by atoms with Crippen molar-refractivity contribution in [1.29, 1.82) is 0 Å². The van der Waals surface area contributed by atoms with Crippen LogP contribution in [0.2, 0.25) is 0 Å². The van der Waals surface area contributed by atoms with Gasteiger partial charge in [0.25, 0.3) is 0 Å². The molecule has 14 heavy (non-hydrogen) atoms. The van der Waals surface area contributed by atoms with Gasteiger partial charge in [0, 0.05) is 18.3 Å². The third-order valence-corrected chi connectivity index (χ3v) is 2.10. The van der Waals surface area contributed by atoms with Crippen molar-refractivity contribution in [2.45, 2.75) is 32.6 Å². The first kappa shape index (κ1) is 10.7. The molecule has 0 fully saturated rings. The van der Waals surface area contributed by atoms with Gasteiger partial charge in [0.15, 0.2) is 0 Å². The smallest absolute Gasteiger partial charge is 0.303 e. The maximum Gasteiger partial charge on any atom is 0.303 e. The van der Waals surface area contributed by atoms with E-state index in [2.05, 4.69) is 18.8 Å². The van der Waals surface area contributed by atoms with Crippen molar-refractivity contribution in [2.24, 2.45) is 0 Å². The zero-order valence-corrected chi connectivity index (χ0v) is 8.53. The quantitative estimate of drug-likeness (QED) is 0.797. The summed E-state index contributed by atoms with van der Waals surface area (Å²) in [5.74, 6) is -0.316. The molecule has 0 unspecified atom stereocenters. The number of aryl methyl sites for hydroxylation is 1. The minimum absolute atomic E-state index is 0.147. The lowest BCUT2D eigenvalue weighted by Crippen LogP contribution is -2.00. The molecule has 3 heteroatoms. The van der Waals surface area contributed by atoms with Gasteiger partial charge in [-0.25, -0.2) is 0 Å². The molecule has 1 aromatic heterocycles. The molecular weight excluding hydrogens is 178 g/mol. The van der Waals surface area contributed by atoms with E-state index in [0.717, 1.165) is 5.69 Å². The highest BCUT2D eigenvalue weighted by Crippen LogP contribution is 2.14. The molecule has 0 aliphatic carbocycles. The van der Waals surface area contributed by atoms with Crippen molar-refractivity contribution in [3.8, 4) is 0 Å². The second kappa shape index (κ2) is 4.74. The van der Waals surface area contributed by atoms with E-state index in [9.17, 15) is 4.79 Å². The lowest BCUT2D eigenvalue weighted by molar-refractivity contribution is -0.136. The highest BCUT2D eigenvalue weighted by Gasteiger charge is 2.03. The molecule has 0 aliphatic rings. The van der Waals surface area contributed by atoms with Gasteiger partial charge in [-0.15, -0.1) is 0 Å². The maximum atomic E-state index is 10.4. The van der Waals surface area contributed by atoms with E-state index in [-0.39, 0.29) is 6.42 Å². The molecule has 3 nitrogen and oxygen atoms in total. The van der Waals surface area contributed by atoms with Crippen LogP contribution in [0, 0.1) is 0 Å². The van der Waals surface area contributed by atoms with Gasteiger partial charge in [-0.1, -0.05) is 13.8 Å². The lowest BCUT2D eigenvalue weighted by Gasteiger charge is -2.06. The van der Waals surface area contributed by atoms with Gasteiger partial charge in [-0.05, 0) is 23.6 Å². The van der Waals surface area contributed by atoms with Crippen molar-refractivity contribution in [3.05, 3.63) is 29.6 Å². The van der Waals surface area contributed by atoms with Gasteiger partial charge < -0.3 is 5.11 Å². The van der Waals surface area contributed by atoms with Crippen molar-refractivity contribution in [1.82, 2.24) is 4.98 Å². The standard InChI is InChI=1S/C11H15NO2/c1-8(2)9-5-6-12-10(7-9)3-4-11(13)14/h5-8H,3-4H2,1-2H3,(H,13,14). The van der Waals surface area contributed by atoms with Gasteiger partial charge in [0.1, 0.15) is 0 Å². The molecule has 1 rings (SSSR count). The van der Waals surface area contributed by atoms with Crippen LogP contribution in [0.5, 0.6) is 0 Å². The number of pyridine rings is 1. The van der Waals surface area contributed by atoms with Gasteiger partial charge >= 0.3 is 5.97 Å².